The van der Waals surface area contributed by atoms with Crippen LogP contribution in [0.15, 0.2) is 53.5 Å². The number of hydrogen-bond acceptors (Lipinski definition) is 8. The van der Waals surface area contributed by atoms with Crippen LogP contribution in [-0.4, -0.2) is 82.6 Å². The van der Waals surface area contributed by atoms with E-state index in [4.69, 9.17) is 15.6 Å². The number of anilines is 2. The zero-order valence-corrected chi connectivity index (χ0v) is 21.9. The van der Waals surface area contributed by atoms with Gasteiger partial charge in [0.2, 0.25) is 11.9 Å². The molecule has 1 fully saturated rings. The molecule has 0 radical (unpaired) electrons. The molecular formula is C26H29BrN6O4. The second-order valence-electron chi connectivity index (χ2n) is 8.71. The standard InChI is InChI=1S/C26H29BrN6O4/c1-2-23(34)29-21-14-19-20(30-26(28)31-25(19)17-5-3-6-18(27)13-17)15-22(21)37-12-4-7-32-8-10-33(11-9-32)16-24(35)36/h2-3,5-6,13-15H,1,4,7-12,16H2,(H,29,34)(H,35,36)(H2,28,30,31). The fourth-order valence-corrected chi connectivity index (χ4v) is 4.66. The average Bonchev–Trinajstić information content (AvgIpc) is 2.87. The van der Waals surface area contributed by atoms with E-state index >= 15 is 0 Å². The molecule has 2 heterocycles. The van der Waals surface area contributed by atoms with Gasteiger partial charge in [-0.05, 0) is 30.7 Å². The number of carboxylic acids is 1. The van der Waals surface area contributed by atoms with Crippen LogP contribution in [0.2, 0.25) is 0 Å². The summed E-state index contributed by atoms with van der Waals surface area (Å²) in [5, 5.41) is 12.5. The molecule has 1 aliphatic rings. The van der Waals surface area contributed by atoms with E-state index in [0.717, 1.165) is 54.6 Å². The lowest BCUT2D eigenvalue weighted by Gasteiger charge is -2.33. The van der Waals surface area contributed by atoms with Gasteiger partial charge in [-0.25, -0.2) is 9.97 Å². The van der Waals surface area contributed by atoms with Crippen molar-refractivity contribution in [2.45, 2.75) is 6.42 Å². The molecule has 194 valence electrons. The molecule has 3 aromatic rings. The highest BCUT2D eigenvalue weighted by molar-refractivity contribution is 9.10. The van der Waals surface area contributed by atoms with Gasteiger partial charge in [-0.15, -0.1) is 0 Å². The van der Waals surface area contributed by atoms with Gasteiger partial charge in [0.25, 0.3) is 0 Å². The predicted molar refractivity (Wildman–Crippen MR) is 147 cm³/mol. The number of nitrogens with one attached hydrogen (secondary N) is 1. The zero-order valence-electron chi connectivity index (χ0n) is 20.3. The number of nitrogen functional groups attached to an aromatic ring is 1. The Kier molecular flexibility index (Phi) is 8.70. The first-order valence-corrected chi connectivity index (χ1v) is 12.7. The third-order valence-corrected chi connectivity index (χ3v) is 6.55. The summed E-state index contributed by atoms with van der Waals surface area (Å²) in [6.07, 6.45) is 1.97. The minimum Gasteiger partial charge on any atom is -0.491 e. The van der Waals surface area contributed by atoms with Crippen molar-refractivity contribution < 1.29 is 19.4 Å². The van der Waals surface area contributed by atoms with Gasteiger partial charge in [0.15, 0.2) is 0 Å². The second-order valence-corrected chi connectivity index (χ2v) is 9.63. The van der Waals surface area contributed by atoms with Crippen molar-refractivity contribution >= 4 is 50.3 Å². The summed E-state index contributed by atoms with van der Waals surface area (Å²) >= 11 is 3.49. The van der Waals surface area contributed by atoms with Crippen molar-refractivity contribution in [2.24, 2.45) is 0 Å². The lowest BCUT2D eigenvalue weighted by atomic mass is 10.1. The fourth-order valence-electron chi connectivity index (χ4n) is 4.26. The number of fused-ring (bicyclic) bond motifs is 1. The number of nitrogens with two attached hydrogens (primary N) is 1. The summed E-state index contributed by atoms with van der Waals surface area (Å²) in [5.41, 5.74) is 8.62. The average molecular weight is 569 g/mol. The molecule has 4 rings (SSSR count). The molecule has 0 aliphatic carbocycles. The number of halogens is 1. The lowest BCUT2D eigenvalue weighted by molar-refractivity contribution is -0.138. The number of amides is 1. The van der Waals surface area contributed by atoms with E-state index in [9.17, 15) is 9.59 Å². The summed E-state index contributed by atoms with van der Waals surface area (Å²) in [6.45, 7) is 7.98. The summed E-state index contributed by atoms with van der Waals surface area (Å²) in [7, 11) is 0. The molecule has 2 aromatic carbocycles. The summed E-state index contributed by atoms with van der Waals surface area (Å²) in [4.78, 5) is 36.2. The zero-order chi connectivity index (χ0) is 26.4. The van der Waals surface area contributed by atoms with Gasteiger partial charge >= 0.3 is 5.97 Å². The molecule has 0 spiro atoms. The van der Waals surface area contributed by atoms with Gasteiger partial charge in [-0.3, -0.25) is 14.5 Å². The van der Waals surface area contributed by atoms with E-state index in [2.05, 4.69) is 42.7 Å². The molecule has 0 saturated carbocycles. The maximum atomic E-state index is 12.2. The molecule has 1 amide bonds. The Morgan fingerprint density at radius 3 is 2.62 bits per heavy atom. The van der Waals surface area contributed by atoms with Crippen molar-refractivity contribution in [1.82, 2.24) is 19.8 Å². The lowest BCUT2D eigenvalue weighted by Crippen LogP contribution is -2.48. The van der Waals surface area contributed by atoms with Gasteiger partial charge in [0.05, 0.1) is 30.0 Å². The minimum absolute atomic E-state index is 0.0788. The number of benzene rings is 2. The maximum absolute atomic E-state index is 12.2. The van der Waals surface area contributed by atoms with Gasteiger partial charge in [-0.2, -0.15) is 0 Å². The molecule has 1 aliphatic heterocycles. The van der Waals surface area contributed by atoms with E-state index in [1.54, 1.807) is 12.1 Å². The number of carboxylic acid groups (broad SMARTS) is 1. The normalized spacial score (nSPS) is 14.4. The highest BCUT2D eigenvalue weighted by Crippen LogP contribution is 2.35. The first kappa shape index (κ1) is 26.5. The first-order valence-electron chi connectivity index (χ1n) is 11.9. The molecule has 11 heteroatoms. The van der Waals surface area contributed by atoms with Gasteiger partial charge in [0, 0.05) is 54.2 Å². The number of carbonyl (C=O) groups is 2. The van der Waals surface area contributed by atoms with Crippen LogP contribution in [0.3, 0.4) is 0 Å². The summed E-state index contributed by atoms with van der Waals surface area (Å²) < 4.78 is 6.99. The number of piperazine rings is 1. The Morgan fingerprint density at radius 1 is 1.16 bits per heavy atom. The number of ether oxygens (including phenoxy) is 1. The number of aromatic nitrogens is 2. The largest absolute Gasteiger partial charge is 0.491 e. The number of rotatable bonds is 10. The smallest absolute Gasteiger partial charge is 0.317 e. The van der Waals surface area contributed by atoms with Gasteiger partial charge in [-0.1, -0.05) is 34.6 Å². The van der Waals surface area contributed by atoms with E-state index < -0.39 is 5.97 Å². The topological polar surface area (TPSA) is 134 Å². The summed E-state index contributed by atoms with van der Waals surface area (Å²) in [5.74, 6) is -0.540. The van der Waals surface area contributed by atoms with Crippen molar-refractivity contribution in [2.75, 3.05) is 56.9 Å². The molecule has 0 atom stereocenters. The Labute approximate surface area is 223 Å². The summed E-state index contributed by atoms with van der Waals surface area (Å²) in [6, 6.07) is 11.3. The molecular weight excluding hydrogens is 540 g/mol. The molecule has 0 bridgehead atoms. The Hall–Kier alpha value is -3.54. The number of carbonyl (C=O) groups excluding carboxylic acids is 1. The van der Waals surface area contributed by atoms with Crippen molar-refractivity contribution in [3.8, 4) is 17.0 Å². The van der Waals surface area contributed by atoms with Crippen LogP contribution in [0.1, 0.15) is 6.42 Å². The van der Waals surface area contributed by atoms with E-state index in [1.807, 2.05) is 29.2 Å². The van der Waals surface area contributed by atoms with E-state index in [-0.39, 0.29) is 18.4 Å². The highest BCUT2D eigenvalue weighted by atomic mass is 79.9. The van der Waals surface area contributed by atoms with Crippen LogP contribution >= 0.6 is 15.9 Å². The number of aliphatic carboxylic acids is 1. The Balaban J connectivity index is 1.50. The van der Waals surface area contributed by atoms with Crippen molar-refractivity contribution in [1.29, 1.82) is 0 Å². The number of hydrogen-bond donors (Lipinski definition) is 3. The second kappa shape index (κ2) is 12.1. The third-order valence-electron chi connectivity index (χ3n) is 6.06. The third kappa shape index (κ3) is 7.03. The Bertz CT molecular complexity index is 1310. The SMILES string of the molecule is C=CC(=O)Nc1cc2c(-c3cccc(Br)c3)nc(N)nc2cc1OCCCN1CCN(CC(=O)O)CC1. The van der Waals surface area contributed by atoms with Crippen LogP contribution in [0.5, 0.6) is 5.75 Å². The van der Waals surface area contributed by atoms with Crippen molar-refractivity contribution in [3.05, 3.63) is 53.5 Å². The molecule has 4 N–H and O–H groups in total. The molecule has 10 nitrogen and oxygen atoms in total. The van der Waals surface area contributed by atoms with Crippen LogP contribution in [0, 0.1) is 0 Å². The molecule has 1 saturated heterocycles. The van der Waals surface area contributed by atoms with E-state index in [0.29, 0.717) is 29.3 Å². The van der Waals surface area contributed by atoms with Gasteiger partial charge < -0.3 is 25.8 Å². The quantitative estimate of drug-likeness (QED) is 0.249. The van der Waals surface area contributed by atoms with Gasteiger partial charge in [0.1, 0.15) is 5.75 Å². The monoisotopic (exact) mass is 568 g/mol. The van der Waals surface area contributed by atoms with Crippen LogP contribution in [-0.2, 0) is 9.59 Å². The Morgan fingerprint density at radius 2 is 1.92 bits per heavy atom. The molecule has 0 unspecified atom stereocenters. The maximum Gasteiger partial charge on any atom is 0.317 e. The number of nitrogens with zero attached hydrogens (tertiary/aromatic N) is 4. The minimum atomic E-state index is -0.799. The fraction of sp³-hybridized carbons (Fsp3) is 0.308. The highest BCUT2D eigenvalue weighted by Gasteiger charge is 2.19. The van der Waals surface area contributed by atoms with E-state index in [1.165, 1.54) is 6.08 Å². The van der Waals surface area contributed by atoms with Crippen LogP contribution < -0.4 is 15.8 Å². The first-order chi connectivity index (χ1) is 17.8. The predicted octanol–water partition coefficient (Wildman–Crippen LogP) is 3.24. The van der Waals surface area contributed by atoms with Crippen LogP contribution in [0.4, 0.5) is 11.6 Å². The molecule has 37 heavy (non-hydrogen) atoms. The van der Waals surface area contributed by atoms with Crippen molar-refractivity contribution in [3.63, 3.8) is 0 Å². The van der Waals surface area contributed by atoms with Crippen LogP contribution in [0.25, 0.3) is 22.2 Å². The molecule has 1 aromatic heterocycles.